The fraction of sp³-hybridized carbons (Fsp3) is 0.750. The van der Waals surface area contributed by atoms with Crippen molar-refractivity contribution >= 4 is 22.9 Å². The topological polar surface area (TPSA) is 19.4 Å². The quantitative estimate of drug-likeness (QED) is 0.786. The summed E-state index contributed by atoms with van der Waals surface area (Å²) in [6.45, 7) is 10.2. The number of aromatic nitrogens is 1. The van der Waals surface area contributed by atoms with Crippen LogP contribution in [-0.4, -0.2) is 47.0 Å². The molecule has 0 saturated carbocycles. The van der Waals surface area contributed by atoms with E-state index in [1.165, 1.54) is 18.1 Å². The Labute approximate surface area is 112 Å². The highest BCUT2D eigenvalue weighted by molar-refractivity contribution is 7.09. The van der Waals surface area contributed by atoms with Crippen LogP contribution in [0, 0.1) is 0 Å². The number of piperazine rings is 1. The SMILES string of the molecule is CC(C)N1CCN(Cc2nc(CCl)cs2)CC1. The molecule has 0 amide bonds. The molecule has 1 aliphatic rings. The molecule has 1 fully saturated rings. The zero-order valence-electron chi connectivity index (χ0n) is 10.5. The van der Waals surface area contributed by atoms with Crippen molar-refractivity contribution in [1.82, 2.24) is 14.8 Å². The summed E-state index contributed by atoms with van der Waals surface area (Å²) in [5, 5.41) is 3.26. The Morgan fingerprint density at radius 3 is 2.59 bits per heavy atom. The van der Waals surface area contributed by atoms with Crippen molar-refractivity contribution < 1.29 is 0 Å². The van der Waals surface area contributed by atoms with Crippen molar-refractivity contribution in [3.8, 4) is 0 Å². The summed E-state index contributed by atoms with van der Waals surface area (Å²) < 4.78 is 0. The van der Waals surface area contributed by atoms with Gasteiger partial charge in [-0.3, -0.25) is 9.80 Å². The summed E-state index contributed by atoms with van der Waals surface area (Å²) >= 11 is 7.48. The molecule has 0 radical (unpaired) electrons. The third-order valence-electron chi connectivity index (χ3n) is 3.23. The highest BCUT2D eigenvalue weighted by atomic mass is 35.5. The number of nitrogens with zero attached hydrogens (tertiary/aromatic N) is 3. The summed E-state index contributed by atoms with van der Waals surface area (Å²) in [5.41, 5.74) is 1.01. The van der Waals surface area contributed by atoms with Crippen LogP contribution in [-0.2, 0) is 12.4 Å². The van der Waals surface area contributed by atoms with E-state index in [9.17, 15) is 0 Å². The Kier molecular flexibility index (Phi) is 4.79. The maximum absolute atomic E-state index is 5.76. The Morgan fingerprint density at radius 2 is 2.06 bits per heavy atom. The van der Waals surface area contributed by atoms with Gasteiger partial charge in [0.15, 0.2) is 0 Å². The van der Waals surface area contributed by atoms with E-state index in [0.29, 0.717) is 11.9 Å². The van der Waals surface area contributed by atoms with E-state index in [2.05, 4.69) is 34.0 Å². The zero-order chi connectivity index (χ0) is 12.3. The number of hydrogen-bond donors (Lipinski definition) is 0. The van der Waals surface area contributed by atoms with Gasteiger partial charge < -0.3 is 0 Å². The molecule has 1 aliphatic heterocycles. The predicted octanol–water partition coefficient (Wildman–Crippen LogP) is 2.41. The van der Waals surface area contributed by atoms with Gasteiger partial charge in [0.2, 0.25) is 0 Å². The van der Waals surface area contributed by atoms with Gasteiger partial charge in [-0.15, -0.1) is 22.9 Å². The standard InChI is InChI=1S/C12H20ClN3S/c1-10(2)16-5-3-15(4-6-16)8-12-14-11(7-13)9-17-12/h9-10H,3-8H2,1-2H3. The second kappa shape index (κ2) is 6.14. The van der Waals surface area contributed by atoms with Crippen LogP contribution in [0.15, 0.2) is 5.38 Å². The molecule has 1 aromatic rings. The summed E-state index contributed by atoms with van der Waals surface area (Å²) in [7, 11) is 0. The third-order valence-corrected chi connectivity index (χ3v) is 4.39. The maximum atomic E-state index is 5.76. The molecular formula is C12H20ClN3S. The fourth-order valence-corrected chi connectivity index (χ4v) is 3.18. The van der Waals surface area contributed by atoms with E-state index in [0.717, 1.165) is 25.3 Å². The monoisotopic (exact) mass is 273 g/mol. The smallest absolute Gasteiger partial charge is 0.107 e. The molecule has 0 N–H and O–H groups in total. The number of alkyl halides is 1. The molecule has 0 atom stereocenters. The van der Waals surface area contributed by atoms with Crippen LogP contribution < -0.4 is 0 Å². The van der Waals surface area contributed by atoms with Gasteiger partial charge in [0.25, 0.3) is 0 Å². The first-order valence-electron chi connectivity index (χ1n) is 6.14. The Hall–Kier alpha value is -0.160. The van der Waals surface area contributed by atoms with Gasteiger partial charge in [-0.25, -0.2) is 4.98 Å². The molecule has 3 nitrogen and oxygen atoms in total. The van der Waals surface area contributed by atoms with Crippen molar-refractivity contribution in [2.75, 3.05) is 26.2 Å². The Morgan fingerprint density at radius 1 is 1.35 bits per heavy atom. The zero-order valence-corrected chi connectivity index (χ0v) is 12.1. The summed E-state index contributed by atoms with van der Waals surface area (Å²) in [5.74, 6) is 0.525. The molecule has 17 heavy (non-hydrogen) atoms. The lowest BCUT2D eigenvalue weighted by atomic mass is 10.2. The van der Waals surface area contributed by atoms with E-state index < -0.39 is 0 Å². The van der Waals surface area contributed by atoms with Gasteiger partial charge in [-0.05, 0) is 13.8 Å². The van der Waals surface area contributed by atoms with Crippen LogP contribution in [0.5, 0.6) is 0 Å². The molecular weight excluding hydrogens is 254 g/mol. The van der Waals surface area contributed by atoms with E-state index >= 15 is 0 Å². The van der Waals surface area contributed by atoms with Gasteiger partial charge >= 0.3 is 0 Å². The highest BCUT2D eigenvalue weighted by Crippen LogP contribution is 2.15. The number of thiazole rings is 1. The first-order chi connectivity index (χ1) is 8.19. The van der Waals surface area contributed by atoms with Gasteiger partial charge in [0, 0.05) is 37.6 Å². The van der Waals surface area contributed by atoms with Crippen LogP contribution in [0.4, 0.5) is 0 Å². The van der Waals surface area contributed by atoms with E-state index in [1.54, 1.807) is 11.3 Å². The Bertz CT molecular complexity index is 345. The van der Waals surface area contributed by atoms with E-state index in [-0.39, 0.29) is 0 Å². The molecule has 96 valence electrons. The van der Waals surface area contributed by atoms with Crippen LogP contribution in [0.25, 0.3) is 0 Å². The maximum Gasteiger partial charge on any atom is 0.107 e. The molecule has 0 bridgehead atoms. The van der Waals surface area contributed by atoms with Crippen LogP contribution >= 0.6 is 22.9 Å². The third kappa shape index (κ3) is 3.65. The van der Waals surface area contributed by atoms with Gasteiger partial charge in [0.1, 0.15) is 5.01 Å². The average molecular weight is 274 g/mol. The van der Waals surface area contributed by atoms with Crippen molar-refractivity contribution in [2.45, 2.75) is 32.3 Å². The first kappa shape index (κ1) is 13.3. The number of hydrogen-bond acceptors (Lipinski definition) is 4. The summed E-state index contributed by atoms with van der Waals surface area (Å²) in [4.78, 5) is 9.52. The minimum absolute atomic E-state index is 0.525. The summed E-state index contributed by atoms with van der Waals surface area (Å²) in [6.07, 6.45) is 0. The molecule has 2 rings (SSSR count). The highest BCUT2D eigenvalue weighted by Gasteiger charge is 2.19. The predicted molar refractivity (Wildman–Crippen MR) is 73.7 cm³/mol. The van der Waals surface area contributed by atoms with Crippen molar-refractivity contribution in [3.63, 3.8) is 0 Å². The molecule has 0 aromatic carbocycles. The van der Waals surface area contributed by atoms with Gasteiger partial charge in [-0.2, -0.15) is 0 Å². The first-order valence-corrected chi connectivity index (χ1v) is 7.56. The van der Waals surface area contributed by atoms with Crippen molar-refractivity contribution in [2.24, 2.45) is 0 Å². The van der Waals surface area contributed by atoms with Crippen molar-refractivity contribution in [1.29, 1.82) is 0 Å². The van der Waals surface area contributed by atoms with Gasteiger partial charge in [0.05, 0.1) is 18.1 Å². The number of rotatable bonds is 4. The molecule has 1 saturated heterocycles. The molecule has 0 spiro atoms. The molecule has 0 unspecified atom stereocenters. The fourth-order valence-electron chi connectivity index (χ4n) is 2.11. The van der Waals surface area contributed by atoms with Gasteiger partial charge in [-0.1, -0.05) is 0 Å². The summed E-state index contributed by atoms with van der Waals surface area (Å²) in [6, 6.07) is 0.667. The van der Waals surface area contributed by atoms with Crippen LogP contribution in [0.2, 0.25) is 0 Å². The van der Waals surface area contributed by atoms with Crippen molar-refractivity contribution in [3.05, 3.63) is 16.1 Å². The largest absolute Gasteiger partial charge is 0.298 e. The molecule has 2 heterocycles. The molecule has 0 aliphatic carbocycles. The minimum atomic E-state index is 0.525. The van der Waals surface area contributed by atoms with E-state index in [1.807, 2.05) is 0 Å². The van der Waals surface area contributed by atoms with E-state index in [4.69, 9.17) is 11.6 Å². The molecule has 5 heteroatoms. The van der Waals surface area contributed by atoms with Crippen LogP contribution in [0.3, 0.4) is 0 Å². The normalized spacial score (nSPS) is 19.1. The average Bonchev–Trinajstić information content (AvgIpc) is 2.77. The van der Waals surface area contributed by atoms with Crippen LogP contribution in [0.1, 0.15) is 24.5 Å². The second-order valence-corrected chi connectivity index (χ2v) is 5.98. The molecule has 1 aromatic heterocycles. The second-order valence-electron chi connectivity index (χ2n) is 4.77. The number of halogens is 1. The Balaban J connectivity index is 1.81. The lowest BCUT2D eigenvalue weighted by Crippen LogP contribution is -2.48. The lowest BCUT2D eigenvalue weighted by Gasteiger charge is -2.36. The minimum Gasteiger partial charge on any atom is -0.298 e. The lowest BCUT2D eigenvalue weighted by molar-refractivity contribution is 0.104.